The molecule has 3 aromatic rings. The summed E-state index contributed by atoms with van der Waals surface area (Å²) in [5.41, 5.74) is 3.06. The standard InChI is InChI=1S/C23H18O3/c1-17-7-10-20(11-8-17)23(25)26-21-14-12-19(13-15-21)22(24)16-9-18-5-3-2-4-6-18/h2-16H,1H3/b16-9+. The fourth-order valence-electron chi connectivity index (χ4n) is 2.38. The van der Waals surface area contributed by atoms with Gasteiger partial charge in [0.1, 0.15) is 5.75 Å². The lowest BCUT2D eigenvalue weighted by Gasteiger charge is -2.05. The third kappa shape index (κ3) is 4.54. The zero-order valence-corrected chi connectivity index (χ0v) is 14.4. The summed E-state index contributed by atoms with van der Waals surface area (Å²) in [6.07, 6.45) is 3.30. The van der Waals surface area contributed by atoms with Gasteiger partial charge in [0.25, 0.3) is 0 Å². The third-order valence-electron chi connectivity index (χ3n) is 3.86. The minimum atomic E-state index is -0.423. The first-order valence-corrected chi connectivity index (χ1v) is 8.28. The Labute approximate surface area is 152 Å². The van der Waals surface area contributed by atoms with Crippen molar-refractivity contribution in [1.29, 1.82) is 0 Å². The monoisotopic (exact) mass is 342 g/mol. The molecule has 3 nitrogen and oxygen atoms in total. The highest BCUT2D eigenvalue weighted by Gasteiger charge is 2.09. The van der Waals surface area contributed by atoms with Crippen molar-refractivity contribution in [2.45, 2.75) is 6.92 Å². The number of ether oxygens (including phenoxy) is 1. The number of ketones is 1. The van der Waals surface area contributed by atoms with Crippen molar-refractivity contribution in [3.63, 3.8) is 0 Å². The largest absolute Gasteiger partial charge is 0.423 e. The Balaban J connectivity index is 1.64. The second-order valence-electron chi connectivity index (χ2n) is 5.89. The number of allylic oxidation sites excluding steroid dienone is 1. The summed E-state index contributed by atoms with van der Waals surface area (Å²) in [5, 5.41) is 0. The van der Waals surface area contributed by atoms with E-state index in [2.05, 4.69) is 0 Å². The van der Waals surface area contributed by atoms with Gasteiger partial charge in [0.2, 0.25) is 0 Å². The van der Waals surface area contributed by atoms with Crippen molar-refractivity contribution in [3.05, 3.63) is 107 Å². The second-order valence-corrected chi connectivity index (χ2v) is 5.89. The zero-order chi connectivity index (χ0) is 18.4. The van der Waals surface area contributed by atoms with Gasteiger partial charge in [-0.2, -0.15) is 0 Å². The molecule has 3 rings (SSSR count). The summed E-state index contributed by atoms with van der Waals surface area (Å²) in [6, 6.07) is 23.3. The Kier molecular flexibility index (Phi) is 5.40. The van der Waals surface area contributed by atoms with Gasteiger partial charge in [-0.1, -0.05) is 54.1 Å². The van der Waals surface area contributed by atoms with E-state index in [1.807, 2.05) is 49.4 Å². The van der Waals surface area contributed by atoms with Crippen molar-refractivity contribution < 1.29 is 14.3 Å². The number of rotatable bonds is 5. The summed E-state index contributed by atoms with van der Waals surface area (Å²) in [4.78, 5) is 24.3. The van der Waals surface area contributed by atoms with Gasteiger partial charge in [0.15, 0.2) is 5.78 Å². The zero-order valence-electron chi connectivity index (χ0n) is 14.4. The van der Waals surface area contributed by atoms with E-state index < -0.39 is 5.97 Å². The maximum atomic E-state index is 12.2. The average Bonchev–Trinajstić information content (AvgIpc) is 2.68. The Morgan fingerprint density at radius 3 is 2.04 bits per heavy atom. The van der Waals surface area contributed by atoms with Crippen LogP contribution >= 0.6 is 0 Å². The average molecular weight is 342 g/mol. The van der Waals surface area contributed by atoms with Crippen molar-refractivity contribution >= 4 is 17.8 Å². The second kappa shape index (κ2) is 8.08. The van der Waals surface area contributed by atoms with Crippen molar-refractivity contribution in [3.8, 4) is 5.75 Å². The summed E-state index contributed by atoms with van der Waals surface area (Å²) >= 11 is 0. The molecular formula is C23H18O3. The number of carbonyl (C=O) groups is 2. The first-order valence-electron chi connectivity index (χ1n) is 8.28. The highest BCUT2D eigenvalue weighted by atomic mass is 16.5. The van der Waals surface area contributed by atoms with E-state index in [4.69, 9.17) is 4.74 Å². The molecule has 0 spiro atoms. The van der Waals surface area contributed by atoms with Gasteiger partial charge in [0, 0.05) is 5.56 Å². The summed E-state index contributed by atoms with van der Waals surface area (Å²) in [6.45, 7) is 1.96. The first kappa shape index (κ1) is 17.4. The van der Waals surface area contributed by atoms with E-state index >= 15 is 0 Å². The molecule has 0 N–H and O–H groups in total. The van der Waals surface area contributed by atoms with Gasteiger partial charge in [-0.15, -0.1) is 0 Å². The molecule has 0 bridgehead atoms. The number of esters is 1. The molecule has 0 aromatic heterocycles. The molecule has 3 heteroatoms. The van der Waals surface area contributed by atoms with Gasteiger partial charge in [-0.05, 0) is 55.0 Å². The molecule has 26 heavy (non-hydrogen) atoms. The lowest BCUT2D eigenvalue weighted by Crippen LogP contribution is -2.08. The molecule has 0 fully saturated rings. The third-order valence-corrected chi connectivity index (χ3v) is 3.86. The molecule has 0 unspecified atom stereocenters. The maximum absolute atomic E-state index is 12.2. The van der Waals surface area contributed by atoms with Gasteiger partial charge < -0.3 is 4.74 Å². The maximum Gasteiger partial charge on any atom is 0.343 e. The van der Waals surface area contributed by atoms with Crippen LogP contribution in [0.15, 0.2) is 84.9 Å². The highest BCUT2D eigenvalue weighted by molar-refractivity contribution is 6.06. The molecule has 0 saturated carbocycles. The number of hydrogen-bond donors (Lipinski definition) is 0. The predicted octanol–water partition coefficient (Wildman–Crippen LogP) is 5.11. The van der Waals surface area contributed by atoms with Crippen molar-refractivity contribution in [2.24, 2.45) is 0 Å². The molecule has 0 aliphatic rings. The van der Waals surface area contributed by atoms with Crippen LogP contribution in [0.5, 0.6) is 5.75 Å². The van der Waals surface area contributed by atoms with Crippen LogP contribution in [0.4, 0.5) is 0 Å². The SMILES string of the molecule is Cc1ccc(C(=O)Oc2ccc(C(=O)/C=C/c3ccccc3)cc2)cc1. The Morgan fingerprint density at radius 2 is 1.38 bits per heavy atom. The van der Waals surface area contributed by atoms with Crippen molar-refractivity contribution in [2.75, 3.05) is 0 Å². The Bertz CT molecular complexity index is 921. The van der Waals surface area contributed by atoms with E-state index in [0.29, 0.717) is 16.9 Å². The molecule has 0 radical (unpaired) electrons. The molecular weight excluding hydrogens is 324 g/mol. The number of aryl methyl sites for hydroxylation is 1. The highest BCUT2D eigenvalue weighted by Crippen LogP contribution is 2.16. The molecule has 0 amide bonds. The van der Waals surface area contributed by atoms with Gasteiger partial charge in [-0.25, -0.2) is 4.79 Å². The van der Waals surface area contributed by atoms with Crippen LogP contribution in [-0.4, -0.2) is 11.8 Å². The number of carbonyl (C=O) groups excluding carboxylic acids is 2. The lowest BCUT2D eigenvalue weighted by molar-refractivity contribution is 0.0734. The van der Waals surface area contributed by atoms with Crippen LogP contribution in [0, 0.1) is 6.92 Å². The molecule has 0 saturated heterocycles. The van der Waals surface area contributed by atoms with Gasteiger partial charge >= 0.3 is 5.97 Å². The van der Waals surface area contributed by atoms with Crippen LogP contribution < -0.4 is 4.74 Å². The van der Waals surface area contributed by atoms with Crippen LogP contribution in [0.2, 0.25) is 0 Å². The lowest BCUT2D eigenvalue weighted by atomic mass is 10.1. The minimum Gasteiger partial charge on any atom is -0.423 e. The normalized spacial score (nSPS) is 10.7. The number of benzene rings is 3. The van der Waals surface area contributed by atoms with E-state index in [0.717, 1.165) is 11.1 Å². The summed E-state index contributed by atoms with van der Waals surface area (Å²) < 4.78 is 5.34. The van der Waals surface area contributed by atoms with Crippen LogP contribution in [0.25, 0.3) is 6.08 Å². The van der Waals surface area contributed by atoms with Crippen LogP contribution in [-0.2, 0) is 0 Å². The quantitative estimate of drug-likeness (QED) is 0.280. The van der Waals surface area contributed by atoms with Crippen molar-refractivity contribution in [1.82, 2.24) is 0 Å². The fraction of sp³-hybridized carbons (Fsp3) is 0.0435. The molecule has 3 aromatic carbocycles. The predicted molar refractivity (Wildman–Crippen MR) is 102 cm³/mol. The summed E-state index contributed by atoms with van der Waals surface area (Å²) in [7, 11) is 0. The summed E-state index contributed by atoms with van der Waals surface area (Å²) in [5.74, 6) is -0.127. The van der Waals surface area contributed by atoms with E-state index in [9.17, 15) is 9.59 Å². The van der Waals surface area contributed by atoms with E-state index in [1.54, 1.807) is 42.5 Å². The fourth-order valence-corrected chi connectivity index (χ4v) is 2.38. The first-order chi connectivity index (χ1) is 12.6. The smallest absolute Gasteiger partial charge is 0.343 e. The molecule has 0 atom stereocenters. The van der Waals surface area contributed by atoms with Gasteiger partial charge in [0.05, 0.1) is 5.56 Å². The Hall–Kier alpha value is -3.46. The number of hydrogen-bond acceptors (Lipinski definition) is 3. The van der Waals surface area contributed by atoms with Crippen LogP contribution in [0.3, 0.4) is 0 Å². The molecule has 0 aliphatic carbocycles. The Morgan fingerprint density at radius 1 is 0.769 bits per heavy atom. The molecule has 0 aliphatic heterocycles. The van der Waals surface area contributed by atoms with Gasteiger partial charge in [-0.3, -0.25) is 4.79 Å². The topological polar surface area (TPSA) is 43.4 Å². The van der Waals surface area contributed by atoms with E-state index in [1.165, 1.54) is 6.08 Å². The molecule has 0 heterocycles. The van der Waals surface area contributed by atoms with Crippen LogP contribution in [0.1, 0.15) is 31.8 Å². The minimum absolute atomic E-state index is 0.106. The molecule has 128 valence electrons. The van der Waals surface area contributed by atoms with E-state index in [-0.39, 0.29) is 5.78 Å².